The SMILES string of the molecule is C[C@@H]1[C@H]2[C@H]3CC[C@@H]4[C@@]5(C)CC(O)C(O)C(C)(C)[C@@H]5CC[C@@]4(C)[C@]3(COC(=O)/C=C/c3ccc(O)cc3)CC[C@@]2(C)CC[C@H]1C. The largest absolute Gasteiger partial charge is 0.508 e. The maximum absolute atomic E-state index is 13.4. The van der Waals surface area contributed by atoms with Crippen LogP contribution >= 0.6 is 0 Å². The molecule has 5 aliphatic rings. The van der Waals surface area contributed by atoms with Crippen LogP contribution in [0.2, 0.25) is 0 Å². The standard InChI is InChI=1S/C39H58O5/c1-24-16-18-36(5)20-21-39(23-44-32(42)15-10-26-8-11-27(40)12-9-26)28(33(36)25(24)2)13-14-31-37(6)22-29(41)34(43)35(3,4)30(37)17-19-38(31,39)7/h8-12,15,24-25,28-31,33-34,40-41,43H,13-14,16-23H2,1-7H3/b15-10+/t24-,25+,28-,29?,30+,31-,33+,34?,36-,37+,38-,39+/m1/s1. The van der Waals surface area contributed by atoms with E-state index in [1.165, 1.54) is 19.3 Å². The Morgan fingerprint density at radius 2 is 1.61 bits per heavy atom. The van der Waals surface area contributed by atoms with E-state index in [9.17, 15) is 20.1 Å². The van der Waals surface area contributed by atoms with Gasteiger partial charge in [0, 0.05) is 11.5 Å². The summed E-state index contributed by atoms with van der Waals surface area (Å²) in [5.74, 6) is 3.11. The van der Waals surface area contributed by atoms with Crippen LogP contribution in [0.5, 0.6) is 5.75 Å². The Balaban J connectivity index is 1.37. The number of fused-ring (bicyclic) bond motifs is 7. The van der Waals surface area contributed by atoms with E-state index in [2.05, 4.69) is 48.5 Å². The van der Waals surface area contributed by atoms with Crippen molar-refractivity contribution in [2.75, 3.05) is 6.61 Å². The Morgan fingerprint density at radius 3 is 2.32 bits per heavy atom. The molecule has 244 valence electrons. The van der Waals surface area contributed by atoms with E-state index in [-0.39, 0.29) is 33.4 Å². The number of ether oxygens (including phenoxy) is 1. The van der Waals surface area contributed by atoms with Crippen LogP contribution in [0.4, 0.5) is 0 Å². The number of carbonyl (C=O) groups excluding carboxylic acids is 1. The Labute approximate surface area is 265 Å². The van der Waals surface area contributed by atoms with Gasteiger partial charge < -0.3 is 20.1 Å². The first-order valence-electron chi connectivity index (χ1n) is 17.6. The molecular weight excluding hydrogens is 548 g/mol. The van der Waals surface area contributed by atoms with Crippen LogP contribution < -0.4 is 0 Å². The zero-order valence-corrected chi connectivity index (χ0v) is 28.3. The third-order valence-electron chi connectivity index (χ3n) is 15.4. The van der Waals surface area contributed by atoms with Crippen LogP contribution in [0.25, 0.3) is 6.08 Å². The van der Waals surface area contributed by atoms with Crippen LogP contribution in [-0.4, -0.2) is 40.1 Å². The van der Waals surface area contributed by atoms with Gasteiger partial charge in [0.05, 0.1) is 18.8 Å². The van der Waals surface area contributed by atoms with Crippen molar-refractivity contribution in [1.82, 2.24) is 0 Å². The first kappa shape index (κ1) is 32.1. The lowest BCUT2D eigenvalue weighted by Gasteiger charge is -2.74. The van der Waals surface area contributed by atoms with Crippen LogP contribution in [-0.2, 0) is 9.53 Å². The Morgan fingerprint density at radius 1 is 0.909 bits per heavy atom. The molecule has 0 amide bonds. The molecule has 6 rings (SSSR count). The van der Waals surface area contributed by atoms with Crippen molar-refractivity contribution in [3.8, 4) is 5.75 Å². The quantitative estimate of drug-likeness (QED) is 0.239. The summed E-state index contributed by atoms with van der Waals surface area (Å²) < 4.78 is 6.36. The van der Waals surface area contributed by atoms with Gasteiger partial charge in [-0.05, 0) is 139 Å². The minimum atomic E-state index is -0.709. The molecule has 0 aliphatic heterocycles. The normalized spacial score (nSPS) is 48.0. The summed E-state index contributed by atoms with van der Waals surface area (Å²) in [5, 5.41) is 32.0. The fourth-order valence-corrected chi connectivity index (χ4v) is 12.9. The average Bonchev–Trinajstić information content (AvgIpc) is 2.96. The van der Waals surface area contributed by atoms with E-state index in [0.717, 1.165) is 37.7 Å². The number of phenols is 1. The van der Waals surface area contributed by atoms with E-state index in [1.807, 2.05) is 0 Å². The number of hydrogen-bond acceptors (Lipinski definition) is 5. The summed E-state index contributed by atoms with van der Waals surface area (Å²) in [6, 6.07) is 6.85. The number of benzene rings is 1. The van der Waals surface area contributed by atoms with Gasteiger partial charge in [0.1, 0.15) is 5.75 Å². The molecule has 5 aliphatic carbocycles. The molecule has 2 unspecified atom stereocenters. The van der Waals surface area contributed by atoms with Crippen molar-refractivity contribution in [1.29, 1.82) is 0 Å². The van der Waals surface area contributed by atoms with E-state index < -0.39 is 12.2 Å². The minimum Gasteiger partial charge on any atom is -0.508 e. The second-order valence-electron chi connectivity index (χ2n) is 17.5. The van der Waals surface area contributed by atoms with Gasteiger partial charge >= 0.3 is 5.97 Å². The van der Waals surface area contributed by atoms with Crippen molar-refractivity contribution in [3.05, 3.63) is 35.9 Å². The van der Waals surface area contributed by atoms with Crippen molar-refractivity contribution in [2.24, 2.45) is 62.6 Å². The molecule has 1 aromatic rings. The summed E-state index contributed by atoms with van der Waals surface area (Å²) in [6.45, 7) is 17.3. The number of carbonyl (C=O) groups is 1. The van der Waals surface area contributed by atoms with E-state index in [0.29, 0.717) is 54.0 Å². The Bertz CT molecular complexity index is 1270. The Hall–Kier alpha value is -1.85. The summed E-state index contributed by atoms with van der Waals surface area (Å²) in [4.78, 5) is 13.4. The van der Waals surface area contributed by atoms with Gasteiger partial charge in [-0.3, -0.25) is 0 Å². The van der Waals surface area contributed by atoms with Gasteiger partial charge in [-0.1, -0.05) is 60.6 Å². The van der Waals surface area contributed by atoms with Crippen molar-refractivity contribution < 1.29 is 24.9 Å². The zero-order chi connectivity index (χ0) is 31.9. The first-order chi connectivity index (χ1) is 20.6. The maximum Gasteiger partial charge on any atom is 0.330 e. The second kappa shape index (κ2) is 10.9. The predicted octanol–water partition coefficient (Wildman–Crippen LogP) is 8.02. The molecule has 3 N–H and O–H groups in total. The lowest BCUT2D eigenvalue weighted by Crippen LogP contribution is -2.70. The smallest absolute Gasteiger partial charge is 0.330 e. The van der Waals surface area contributed by atoms with Gasteiger partial charge in [-0.15, -0.1) is 0 Å². The molecule has 5 nitrogen and oxygen atoms in total. The molecular formula is C39H58O5. The summed E-state index contributed by atoms with van der Waals surface area (Å²) in [7, 11) is 0. The number of rotatable bonds is 4. The highest BCUT2D eigenvalue weighted by molar-refractivity contribution is 5.87. The monoisotopic (exact) mass is 606 g/mol. The number of aliphatic hydroxyl groups excluding tert-OH is 2. The van der Waals surface area contributed by atoms with Gasteiger partial charge in [0.2, 0.25) is 0 Å². The molecule has 5 heteroatoms. The van der Waals surface area contributed by atoms with Crippen LogP contribution in [0.1, 0.15) is 112 Å². The summed E-state index contributed by atoms with van der Waals surface area (Å²) in [5.41, 5.74) is 0.615. The van der Waals surface area contributed by atoms with Crippen molar-refractivity contribution in [2.45, 2.75) is 118 Å². The van der Waals surface area contributed by atoms with Crippen LogP contribution in [0, 0.1) is 62.6 Å². The van der Waals surface area contributed by atoms with Crippen LogP contribution in [0.15, 0.2) is 30.3 Å². The number of esters is 1. The highest BCUT2D eigenvalue weighted by Gasteiger charge is 2.72. The van der Waals surface area contributed by atoms with Gasteiger partial charge in [-0.25, -0.2) is 4.79 Å². The number of aliphatic hydroxyl groups is 2. The molecule has 0 aromatic heterocycles. The van der Waals surface area contributed by atoms with E-state index in [1.54, 1.807) is 36.4 Å². The van der Waals surface area contributed by atoms with Gasteiger partial charge in [-0.2, -0.15) is 0 Å². The molecule has 12 atom stereocenters. The molecule has 0 saturated heterocycles. The summed E-state index contributed by atoms with van der Waals surface area (Å²) in [6.07, 6.45) is 11.8. The highest BCUT2D eigenvalue weighted by Crippen LogP contribution is 2.77. The van der Waals surface area contributed by atoms with Crippen molar-refractivity contribution >= 4 is 12.0 Å². The van der Waals surface area contributed by atoms with Gasteiger partial charge in [0.15, 0.2) is 0 Å². The lowest BCUT2D eigenvalue weighted by molar-refractivity contribution is -0.281. The van der Waals surface area contributed by atoms with Crippen LogP contribution in [0.3, 0.4) is 0 Å². The van der Waals surface area contributed by atoms with Gasteiger partial charge in [0.25, 0.3) is 0 Å². The molecule has 44 heavy (non-hydrogen) atoms. The maximum atomic E-state index is 13.4. The molecule has 5 fully saturated rings. The Kier molecular flexibility index (Phi) is 7.93. The molecule has 0 bridgehead atoms. The average molecular weight is 607 g/mol. The second-order valence-corrected chi connectivity index (χ2v) is 17.5. The van der Waals surface area contributed by atoms with E-state index >= 15 is 0 Å². The zero-order valence-electron chi connectivity index (χ0n) is 28.3. The fourth-order valence-electron chi connectivity index (χ4n) is 12.9. The van der Waals surface area contributed by atoms with Crippen molar-refractivity contribution in [3.63, 3.8) is 0 Å². The topological polar surface area (TPSA) is 87.0 Å². The molecule has 0 radical (unpaired) electrons. The predicted molar refractivity (Wildman–Crippen MR) is 174 cm³/mol. The molecule has 0 spiro atoms. The molecule has 0 heterocycles. The number of aromatic hydroxyl groups is 1. The molecule has 1 aromatic carbocycles. The highest BCUT2D eigenvalue weighted by atomic mass is 16.5. The number of phenolic OH excluding ortho intramolecular Hbond substituents is 1. The fraction of sp³-hybridized carbons (Fsp3) is 0.769. The molecule has 5 saturated carbocycles. The number of hydrogen-bond donors (Lipinski definition) is 3. The minimum absolute atomic E-state index is 0.0258. The first-order valence-corrected chi connectivity index (χ1v) is 17.6. The lowest BCUT2D eigenvalue weighted by atomic mass is 9.31. The summed E-state index contributed by atoms with van der Waals surface area (Å²) >= 11 is 0. The third-order valence-corrected chi connectivity index (χ3v) is 15.4. The van der Waals surface area contributed by atoms with E-state index in [4.69, 9.17) is 4.74 Å². The third kappa shape index (κ3) is 4.64.